The van der Waals surface area contributed by atoms with Crippen LogP contribution in [0.2, 0.25) is 5.02 Å². The molecule has 1 aromatic carbocycles. The quantitative estimate of drug-likeness (QED) is 0.574. The number of halogens is 4. The predicted octanol–water partition coefficient (Wildman–Crippen LogP) is 2.63. The number of hydrogen-bond acceptors (Lipinski definition) is 7. The molecule has 12 heteroatoms. The maximum Gasteiger partial charge on any atom is 0.416 e. The summed E-state index contributed by atoms with van der Waals surface area (Å²) in [4.78, 5) is 7.05. The standard InChI is InChI=1S/C21H28ClF3N6O2/c22-14-4-1-13(2-5-14)3-6-16-12-33-17(18(32)21(23,24)25)11-31(16)15-7-9-30(10-8-15)20-27-19(26)28-29-20/h1-2,4-5,15-18,32H,3,6-12H2,(H3,26,27,28,29)/t16-,17+,18+/m0/s1. The van der Waals surface area contributed by atoms with Gasteiger partial charge < -0.3 is 20.5 Å². The van der Waals surface area contributed by atoms with Crippen molar-refractivity contribution in [3.63, 3.8) is 0 Å². The lowest BCUT2D eigenvalue weighted by molar-refractivity contribution is -0.250. The highest BCUT2D eigenvalue weighted by atomic mass is 35.5. The zero-order valence-electron chi connectivity index (χ0n) is 18.0. The molecule has 1 aromatic heterocycles. The minimum absolute atomic E-state index is 0.0336. The third-order valence-corrected chi connectivity index (χ3v) is 6.71. The number of aliphatic hydroxyl groups is 1. The van der Waals surface area contributed by atoms with Gasteiger partial charge in [-0.1, -0.05) is 23.7 Å². The fourth-order valence-electron chi connectivity index (χ4n) is 4.64. The lowest BCUT2D eigenvalue weighted by atomic mass is 9.95. The number of benzene rings is 1. The molecule has 0 spiro atoms. The molecule has 3 heterocycles. The van der Waals surface area contributed by atoms with Gasteiger partial charge in [0.05, 0.1) is 6.61 Å². The number of nitrogens with zero attached hydrogens (tertiary/aromatic N) is 4. The van der Waals surface area contributed by atoms with Gasteiger partial charge in [-0.2, -0.15) is 13.2 Å². The van der Waals surface area contributed by atoms with Crippen LogP contribution < -0.4 is 10.6 Å². The number of alkyl halides is 3. The highest BCUT2D eigenvalue weighted by molar-refractivity contribution is 6.30. The van der Waals surface area contributed by atoms with E-state index in [1.54, 1.807) is 0 Å². The second-order valence-electron chi connectivity index (χ2n) is 8.63. The zero-order chi connectivity index (χ0) is 23.6. The van der Waals surface area contributed by atoms with Gasteiger partial charge in [0.2, 0.25) is 11.9 Å². The van der Waals surface area contributed by atoms with Gasteiger partial charge in [0.25, 0.3) is 0 Å². The minimum Gasteiger partial charge on any atom is -0.381 e. The molecular weight excluding hydrogens is 461 g/mol. The topological polar surface area (TPSA) is 104 Å². The lowest BCUT2D eigenvalue weighted by Gasteiger charge is -2.47. The number of aliphatic hydroxyl groups excluding tert-OH is 1. The third kappa shape index (κ3) is 5.89. The average Bonchev–Trinajstić information content (AvgIpc) is 3.24. The molecule has 0 amide bonds. The van der Waals surface area contributed by atoms with Gasteiger partial charge >= 0.3 is 6.18 Å². The highest BCUT2D eigenvalue weighted by Crippen LogP contribution is 2.31. The Bertz CT molecular complexity index is 904. The van der Waals surface area contributed by atoms with E-state index < -0.39 is 18.4 Å². The largest absolute Gasteiger partial charge is 0.416 e. The fraction of sp³-hybridized carbons (Fsp3) is 0.619. The molecule has 182 valence electrons. The number of aromatic amines is 1. The van der Waals surface area contributed by atoms with Crippen molar-refractivity contribution in [2.24, 2.45) is 0 Å². The number of anilines is 2. The summed E-state index contributed by atoms with van der Waals surface area (Å²) < 4.78 is 45.0. The van der Waals surface area contributed by atoms with E-state index in [9.17, 15) is 18.3 Å². The molecule has 0 radical (unpaired) electrons. The van der Waals surface area contributed by atoms with Crippen LogP contribution in [0.4, 0.5) is 25.1 Å². The zero-order valence-corrected chi connectivity index (χ0v) is 18.8. The van der Waals surface area contributed by atoms with Gasteiger partial charge in [0.1, 0.15) is 6.10 Å². The Morgan fingerprint density at radius 1 is 1.21 bits per heavy atom. The number of morpholine rings is 1. The Balaban J connectivity index is 1.43. The summed E-state index contributed by atoms with van der Waals surface area (Å²) in [5, 5.41) is 18.3. The van der Waals surface area contributed by atoms with Crippen LogP contribution in [0.3, 0.4) is 0 Å². The molecule has 8 nitrogen and oxygen atoms in total. The molecule has 4 N–H and O–H groups in total. The second kappa shape index (κ2) is 10.0. The van der Waals surface area contributed by atoms with Gasteiger partial charge in [-0.3, -0.25) is 9.88 Å². The smallest absolute Gasteiger partial charge is 0.381 e. The molecule has 3 atom stereocenters. The number of aromatic nitrogens is 3. The minimum atomic E-state index is -4.72. The van der Waals surface area contributed by atoms with Crippen molar-refractivity contribution < 1.29 is 23.0 Å². The van der Waals surface area contributed by atoms with Gasteiger partial charge in [0, 0.05) is 36.7 Å². The maximum atomic E-state index is 13.2. The Kier molecular flexibility index (Phi) is 7.32. The van der Waals surface area contributed by atoms with Gasteiger partial charge in [-0.05, 0) is 43.4 Å². The van der Waals surface area contributed by atoms with Crippen LogP contribution in [0, 0.1) is 0 Å². The van der Waals surface area contributed by atoms with Crippen LogP contribution in [-0.2, 0) is 11.2 Å². The number of piperidine rings is 1. The second-order valence-corrected chi connectivity index (χ2v) is 9.06. The molecular formula is C21H28ClF3N6O2. The summed E-state index contributed by atoms with van der Waals surface area (Å²) in [5.74, 6) is 0.837. The van der Waals surface area contributed by atoms with Crippen molar-refractivity contribution >= 4 is 23.5 Å². The number of aryl methyl sites for hydroxylation is 1. The summed E-state index contributed by atoms with van der Waals surface area (Å²) in [7, 11) is 0. The van der Waals surface area contributed by atoms with Crippen LogP contribution in [0.25, 0.3) is 0 Å². The molecule has 2 fully saturated rings. The molecule has 4 rings (SSSR count). The van der Waals surface area contributed by atoms with Crippen molar-refractivity contribution in [2.45, 2.75) is 56.2 Å². The maximum absolute atomic E-state index is 13.2. The van der Waals surface area contributed by atoms with E-state index in [4.69, 9.17) is 22.1 Å². The van der Waals surface area contributed by atoms with Crippen molar-refractivity contribution in [2.75, 3.05) is 36.9 Å². The van der Waals surface area contributed by atoms with Crippen molar-refractivity contribution in [3.8, 4) is 0 Å². The number of nitrogen functional groups attached to an aromatic ring is 1. The molecule has 0 aliphatic carbocycles. The first-order valence-corrected chi connectivity index (χ1v) is 11.4. The van der Waals surface area contributed by atoms with E-state index in [1.165, 1.54) is 0 Å². The summed E-state index contributed by atoms with van der Waals surface area (Å²) in [6.07, 6.45) is -5.56. The Morgan fingerprint density at radius 2 is 1.91 bits per heavy atom. The Hall–Kier alpha value is -2.08. The molecule has 33 heavy (non-hydrogen) atoms. The number of H-pyrrole nitrogens is 1. The van der Waals surface area contributed by atoms with Crippen molar-refractivity contribution in [1.82, 2.24) is 20.1 Å². The van der Waals surface area contributed by atoms with Crippen molar-refractivity contribution in [1.29, 1.82) is 0 Å². The highest BCUT2D eigenvalue weighted by Gasteiger charge is 2.48. The molecule has 0 saturated carbocycles. The first-order valence-electron chi connectivity index (χ1n) is 11.0. The van der Waals surface area contributed by atoms with Crippen LogP contribution in [0.5, 0.6) is 0 Å². The predicted molar refractivity (Wildman–Crippen MR) is 118 cm³/mol. The number of rotatable bonds is 6. The molecule has 2 aliphatic heterocycles. The van der Waals surface area contributed by atoms with Gasteiger partial charge in [-0.15, -0.1) is 10.2 Å². The molecule has 2 aromatic rings. The summed E-state index contributed by atoms with van der Waals surface area (Å²) in [6.45, 7) is 1.52. The average molecular weight is 489 g/mol. The molecule has 0 unspecified atom stereocenters. The van der Waals surface area contributed by atoms with Crippen LogP contribution in [0.1, 0.15) is 24.8 Å². The van der Waals surface area contributed by atoms with E-state index in [0.717, 1.165) is 31.2 Å². The molecule has 0 bridgehead atoms. The van der Waals surface area contributed by atoms with E-state index in [2.05, 4.69) is 20.1 Å². The number of nitrogens with two attached hydrogens (primary N) is 1. The monoisotopic (exact) mass is 488 g/mol. The Labute approximate surface area is 194 Å². The Morgan fingerprint density at radius 3 is 2.52 bits per heavy atom. The fourth-order valence-corrected chi connectivity index (χ4v) is 4.77. The summed E-state index contributed by atoms with van der Waals surface area (Å²) in [5.41, 5.74) is 6.72. The van der Waals surface area contributed by atoms with Gasteiger partial charge in [-0.25, -0.2) is 0 Å². The SMILES string of the molecule is Nc1nnc(N2CCC(N3C[C@H]([C@@H](O)C(F)(F)F)OC[C@@H]3CCc3ccc(Cl)cc3)CC2)[nH]1. The number of hydrogen-bond donors (Lipinski definition) is 3. The van der Waals surface area contributed by atoms with Crippen LogP contribution >= 0.6 is 11.6 Å². The first kappa shape index (κ1) is 24.1. The number of nitrogens with one attached hydrogen (secondary N) is 1. The molecule has 2 saturated heterocycles. The molecule has 2 aliphatic rings. The van der Waals surface area contributed by atoms with E-state index in [1.807, 2.05) is 29.2 Å². The first-order chi connectivity index (χ1) is 15.7. The van der Waals surface area contributed by atoms with E-state index >= 15 is 0 Å². The normalized spacial score (nSPS) is 24.2. The third-order valence-electron chi connectivity index (χ3n) is 6.45. The summed E-state index contributed by atoms with van der Waals surface area (Å²) in [6, 6.07) is 7.59. The van der Waals surface area contributed by atoms with E-state index in [0.29, 0.717) is 24.1 Å². The van der Waals surface area contributed by atoms with E-state index in [-0.39, 0.29) is 31.2 Å². The van der Waals surface area contributed by atoms with Crippen LogP contribution in [-0.4, -0.2) is 81.9 Å². The van der Waals surface area contributed by atoms with Crippen molar-refractivity contribution in [3.05, 3.63) is 34.9 Å². The van der Waals surface area contributed by atoms with Gasteiger partial charge in [0.15, 0.2) is 6.10 Å². The summed E-state index contributed by atoms with van der Waals surface area (Å²) >= 11 is 5.96. The number of ether oxygens (including phenoxy) is 1. The lowest BCUT2D eigenvalue weighted by Crippen LogP contribution is -2.60. The van der Waals surface area contributed by atoms with Crippen LogP contribution in [0.15, 0.2) is 24.3 Å².